The molecule has 0 unspecified atom stereocenters. The Hall–Kier alpha value is -5.43. The number of benzene rings is 7. The van der Waals surface area contributed by atoms with Gasteiger partial charge in [0.2, 0.25) is 0 Å². The molecule has 2 aliphatic rings. The monoisotopic (exact) mass is 650 g/mol. The van der Waals surface area contributed by atoms with Crippen molar-refractivity contribution in [2.75, 3.05) is 0 Å². The molecule has 236 valence electrons. The van der Waals surface area contributed by atoms with E-state index in [2.05, 4.69) is 123 Å². The van der Waals surface area contributed by atoms with Crippen molar-refractivity contribution >= 4 is 23.1 Å². The van der Waals surface area contributed by atoms with Crippen molar-refractivity contribution in [3.8, 4) is 22.6 Å². The average Bonchev–Trinajstić information content (AvgIpc) is 3.17. The number of ether oxygens (including phenoxy) is 1. The fraction of sp³-hybridized carbons (Fsp3) is 0.0870. The van der Waals surface area contributed by atoms with Crippen LogP contribution in [0.1, 0.15) is 47.2 Å². The van der Waals surface area contributed by atoms with Crippen LogP contribution in [0.4, 0.5) is 0 Å². The van der Waals surface area contributed by atoms with Crippen molar-refractivity contribution in [2.45, 2.75) is 24.7 Å². The number of fused-ring (bicyclic) bond motifs is 8. The molecule has 1 heterocycles. The minimum atomic E-state index is -3.15. The van der Waals surface area contributed by atoms with Crippen molar-refractivity contribution in [1.29, 1.82) is 0 Å². The Bertz CT molecular complexity index is 2340. The fourth-order valence-corrected chi connectivity index (χ4v) is 11.1. The van der Waals surface area contributed by atoms with Crippen molar-refractivity contribution in [3.63, 3.8) is 0 Å². The first-order chi connectivity index (χ1) is 23.9. The zero-order chi connectivity index (χ0) is 33.2. The van der Waals surface area contributed by atoms with Gasteiger partial charge in [0.1, 0.15) is 11.5 Å². The van der Waals surface area contributed by atoms with Gasteiger partial charge in [0.15, 0.2) is 7.14 Å². The highest BCUT2D eigenvalue weighted by Crippen LogP contribution is 2.61. The van der Waals surface area contributed by atoms with Crippen LogP contribution in [-0.2, 0) is 15.4 Å². The van der Waals surface area contributed by atoms with Crippen LogP contribution in [-0.4, -0.2) is 0 Å². The van der Waals surface area contributed by atoms with Crippen LogP contribution in [0.5, 0.6) is 11.5 Å². The van der Waals surface area contributed by atoms with E-state index in [1.54, 1.807) is 0 Å². The summed E-state index contributed by atoms with van der Waals surface area (Å²) in [7, 11) is -3.15. The third kappa shape index (κ3) is 4.24. The number of hydrogen-bond acceptors (Lipinski definition) is 2. The summed E-state index contributed by atoms with van der Waals surface area (Å²) in [4.78, 5) is 0. The molecule has 0 aromatic heterocycles. The van der Waals surface area contributed by atoms with Gasteiger partial charge in [-0.15, -0.1) is 0 Å². The van der Waals surface area contributed by atoms with Gasteiger partial charge in [-0.3, -0.25) is 0 Å². The fourth-order valence-electron chi connectivity index (χ4n) is 8.40. The average molecular weight is 651 g/mol. The van der Waals surface area contributed by atoms with E-state index >= 15 is 4.57 Å². The Morgan fingerprint density at radius 1 is 0.408 bits per heavy atom. The topological polar surface area (TPSA) is 26.3 Å². The minimum absolute atomic E-state index is 0.240. The molecule has 0 atom stereocenters. The van der Waals surface area contributed by atoms with Crippen LogP contribution in [0.3, 0.4) is 0 Å². The Kier molecular flexibility index (Phi) is 6.70. The molecule has 0 saturated heterocycles. The van der Waals surface area contributed by atoms with E-state index in [0.717, 1.165) is 49.7 Å². The van der Waals surface area contributed by atoms with Gasteiger partial charge >= 0.3 is 0 Å². The second-order valence-corrected chi connectivity index (χ2v) is 16.4. The van der Waals surface area contributed by atoms with E-state index in [9.17, 15) is 0 Å². The van der Waals surface area contributed by atoms with Crippen LogP contribution in [0.25, 0.3) is 11.1 Å². The summed E-state index contributed by atoms with van der Waals surface area (Å²) in [5, 5.41) is 2.48. The lowest BCUT2D eigenvalue weighted by molar-refractivity contribution is 0.425. The summed E-state index contributed by atoms with van der Waals surface area (Å²) in [5.74, 6) is 1.75. The standard InChI is InChI=1S/C46H35O2P/c1-45(2)37-22-9-10-23-39(37)46(40-24-11-13-26-43(40)48-44-27-14-12-25-41(44)46)42-31-33(28-29-38(42)45)32-16-15-21-36(30-32)49(47,34-17-5-3-6-18-34)35-19-7-4-8-20-35/h3-31H,1-2H3. The molecular formula is C46H35O2P. The van der Waals surface area contributed by atoms with Crippen LogP contribution in [0.2, 0.25) is 0 Å². The summed E-state index contributed by atoms with van der Waals surface area (Å²) in [6, 6.07) is 61.0. The van der Waals surface area contributed by atoms with Gasteiger partial charge in [-0.25, -0.2) is 0 Å². The predicted molar refractivity (Wildman–Crippen MR) is 202 cm³/mol. The molecule has 7 aromatic carbocycles. The Morgan fingerprint density at radius 3 is 1.49 bits per heavy atom. The molecule has 3 heteroatoms. The maximum absolute atomic E-state index is 15.4. The van der Waals surface area contributed by atoms with Crippen molar-refractivity contribution < 1.29 is 9.30 Å². The maximum Gasteiger partial charge on any atom is 0.171 e. The summed E-state index contributed by atoms with van der Waals surface area (Å²) in [6.07, 6.45) is 0. The van der Waals surface area contributed by atoms with E-state index < -0.39 is 12.6 Å². The summed E-state index contributed by atoms with van der Waals surface area (Å²) < 4.78 is 22.0. The molecule has 0 radical (unpaired) electrons. The van der Waals surface area contributed by atoms with E-state index in [0.29, 0.717) is 0 Å². The first-order valence-electron chi connectivity index (χ1n) is 16.9. The van der Waals surface area contributed by atoms with Gasteiger partial charge in [0, 0.05) is 32.5 Å². The Labute approximate surface area is 288 Å². The first-order valence-corrected chi connectivity index (χ1v) is 18.6. The lowest BCUT2D eigenvalue weighted by atomic mass is 9.53. The second kappa shape index (κ2) is 11.1. The highest BCUT2D eigenvalue weighted by Gasteiger charge is 2.52. The maximum atomic E-state index is 15.4. The number of hydrogen-bond donors (Lipinski definition) is 0. The van der Waals surface area contributed by atoms with Crippen LogP contribution in [0, 0.1) is 0 Å². The highest BCUT2D eigenvalue weighted by molar-refractivity contribution is 7.85. The van der Waals surface area contributed by atoms with Crippen molar-refractivity contribution in [2.24, 2.45) is 0 Å². The molecule has 9 rings (SSSR count). The SMILES string of the molecule is CC1(C)c2ccccc2C2(c3ccccc3Oc3ccccc32)c2cc(-c3cccc(P(=O)(c4ccccc4)c4ccccc4)c3)ccc21. The Balaban J connectivity index is 1.32. The van der Waals surface area contributed by atoms with Crippen LogP contribution in [0.15, 0.2) is 176 Å². The second-order valence-electron chi connectivity index (χ2n) is 13.6. The lowest BCUT2D eigenvalue weighted by Gasteiger charge is -2.50. The normalized spacial score (nSPS) is 14.9. The highest BCUT2D eigenvalue weighted by atomic mass is 31.2. The van der Waals surface area contributed by atoms with Crippen LogP contribution < -0.4 is 20.7 Å². The van der Waals surface area contributed by atoms with Gasteiger partial charge in [0.25, 0.3) is 0 Å². The molecule has 1 aliphatic carbocycles. The number of para-hydroxylation sites is 2. The molecule has 0 N–H and O–H groups in total. The van der Waals surface area contributed by atoms with E-state index in [4.69, 9.17) is 4.74 Å². The molecule has 1 spiro atoms. The largest absolute Gasteiger partial charge is 0.457 e. The van der Waals surface area contributed by atoms with Crippen molar-refractivity contribution in [1.82, 2.24) is 0 Å². The van der Waals surface area contributed by atoms with Gasteiger partial charge in [-0.2, -0.15) is 0 Å². The molecule has 0 amide bonds. The third-order valence-corrected chi connectivity index (χ3v) is 13.7. The quantitative estimate of drug-likeness (QED) is 0.177. The van der Waals surface area contributed by atoms with Gasteiger partial charge in [-0.1, -0.05) is 166 Å². The number of rotatable bonds is 4. The Morgan fingerprint density at radius 2 is 0.878 bits per heavy atom. The summed E-state index contributed by atoms with van der Waals surface area (Å²) >= 11 is 0. The summed E-state index contributed by atoms with van der Waals surface area (Å²) in [6.45, 7) is 4.68. The molecule has 0 fully saturated rings. The zero-order valence-electron chi connectivity index (χ0n) is 27.5. The lowest BCUT2D eigenvalue weighted by Crippen LogP contribution is -2.43. The molecule has 0 saturated carbocycles. The van der Waals surface area contributed by atoms with Crippen LogP contribution >= 0.6 is 7.14 Å². The van der Waals surface area contributed by atoms with Gasteiger partial charge in [-0.05, 0) is 57.6 Å². The van der Waals surface area contributed by atoms with Gasteiger partial charge in [0.05, 0.1) is 5.41 Å². The molecule has 0 bridgehead atoms. The molecule has 2 nitrogen and oxygen atoms in total. The smallest absolute Gasteiger partial charge is 0.171 e. The zero-order valence-corrected chi connectivity index (χ0v) is 28.4. The van der Waals surface area contributed by atoms with Gasteiger partial charge < -0.3 is 9.30 Å². The van der Waals surface area contributed by atoms with E-state index in [1.165, 1.54) is 22.3 Å². The van der Waals surface area contributed by atoms with E-state index in [1.807, 2.05) is 66.7 Å². The first kappa shape index (κ1) is 29.7. The predicted octanol–water partition coefficient (Wildman–Crippen LogP) is 10.1. The molecular weight excluding hydrogens is 615 g/mol. The summed E-state index contributed by atoms with van der Waals surface area (Å²) in [5.41, 5.74) is 8.70. The molecule has 1 aliphatic heterocycles. The van der Waals surface area contributed by atoms with Crippen molar-refractivity contribution in [3.05, 3.63) is 209 Å². The molecule has 49 heavy (non-hydrogen) atoms. The third-order valence-electron chi connectivity index (χ3n) is 10.7. The minimum Gasteiger partial charge on any atom is -0.457 e. The molecule has 7 aromatic rings. The van der Waals surface area contributed by atoms with E-state index in [-0.39, 0.29) is 5.41 Å².